The van der Waals surface area contributed by atoms with Gasteiger partial charge < -0.3 is 9.80 Å². The Balaban J connectivity index is 1.33. The van der Waals surface area contributed by atoms with Crippen molar-refractivity contribution in [3.63, 3.8) is 0 Å². The fourth-order valence-corrected chi connectivity index (χ4v) is 3.95. The van der Waals surface area contributed by atoms with Gasteiger partial charge in [-0.25, -0.2) is 4.39 Å². The van der Waals surface area contributed by atoms with E-state index in [-0.39, 0.29) is 11.5 Å². The lowest BCUT2D eigenvalue weighted by Crippen LogP contribution is -2.35. The number of nitrogens with zero attached hydrogens (tertiary/aromatic N) is 7. The Kier molecular flexibility index (Phi) is 4.57. The number of hydrogen-bond donors (Lipinski definition) is 0. The number of anilines is 1. The van der Waals surface area contributed by atoms with Gasteiger partial charge in [0.15, 0.2) is 11.5 Å². The molecule has 0 aromatic carbocycles. The number of pyridine rings is 1. The van der Waals surface area contributed by atoms with Crippen LogP contribution in [0.25, 0.3) is 5.65 Å². The van der Waals surface area contributed by atoms with Crippen molar-refractivity contribution in [1.29, 1.82) is 0 Å². The van der Waals surface area contributed by atoms with Gasteiger partial charge in [0.25, 0.3) is 5.91 Å². The second-order valence-corrected chi connectivity index (χ2v) is 7.67. The summed E-state index contributed by atoms with van der Waals surface area (Å²) in [5.41, 5.74) is 1.05. The molecule has 2 aliphatic rings. The molecule has 0 radical (unpaired) electrons. The van der Waals surface area contributed by atoms with Gasteiger partial charge in [0.05, 0.1) is 11.8 Å². The topological polar surface area (TPSA) is 79.5 Å². The zero-order chi connectivity index (χ0) is 19.8. The fourth-order valence-electron chi connectivity index (χ4n) is 3.95. The predicted octanol–water partition coefficient (Wildman–Crippen LogP) is 2.28. The van der Waals surface area contributed by atoms with Crippen molar-refractivity contribution in [2.45, 2.75) is 31.6 Å². The molecule has 1 aliphatic heterocycles. The molecule has 2 fully saturated rings. The summed E-state index contributed by atoms with van der Waals surface area (Å²) >= 11 is 0. The van der Waals surface area contributed by atoms with Gasteiger partial charge in [-0.15, -0.1) is 15.3 Å². The molecule has 9 heteroatoms. The first-order valence-corrected chi connectivity index (χ1v) is 10.1. The third-order valence-corrected chi connectivity index (χ3v) is 5.80. The summed E-state index contributed by atoms with van der Waals surface area (Å²) in [5.74, 6) is 1.57. The number of amides is 1. The van der Waals surface area contributed by atoms with Gasteiger partial charge in [-0.1, -0.05) is 6.42 Å². The average molecular weight is 395 g/mol. The van der Waals surface area contributed by atoms with Crippen molar-refractivity contribution in [1.82, 2.24) is 29.7 Å². The van der Waals surface area contributed by atoms with E-state index in [9.17, 15) is 9.18 Å². The molecule has 8 nitrogen and oxygen atoms in total. The van der Waals surface area contributed by atoms with Gasteiger partial charge in [0.2, 0.25) is 0 Å². The summed E-state index contributed by atoms with van der Waals surface area (Å²) in [5, 5.41) is 13.4. The highest BCUT2D eigenvalue weighted by Crippen LogP contribution is 2.35. The Morgan fingerprint density at radius 2 is 1.93 bits per heavy atom. The Morgan fingerprint density at radius 3 is 2.72 bits per heavy atom. The Labute approximate surface area is 167 Å². The molecule has 3 aromatic heterocycles. The van der Waals surface area contributed by atoms with Crippen LogP contribution in [-0.2, 0) is 0 Å². The molecule has 4 heterocycles. The predicted molar refractivity (Wildman–Crippen MR) is 104 cm³/mol. The molecular formula is C20H22FN7O. The van der Waals surface area contributed by atoms with Crippen LogP contribution in [0.2, 0.25) is 0 Å². The SMILES string of the molecule is O=C(c1cncc(F)c1)N1CCCN(c2ccc3nnc(C4CCC4)n3n2)CC1. The maximum atomic E-state index is 13.4. The van der Waals surface area contributed by atoms with Crippen molar-refractivity contribution in [2.24, 2.45) is 0 Å². The molecule has 1 saturated heterocycles. The van der Waals surface area contributed by atoms with Crippen LogP contribution in [0.5, 0.6) is 0 Å². The standard InChI is InChI=1S/C20H22FN7O/c21-16-11-15(12-22-13-16)20(29)27-8-2-7-26(9-10-27)18-6-5-17-23-24-19(28(17)25-18)14-3-1-4-14/h5-6,11-14H,1-4,7-10H2. The quantitative estimate of drug-likeness (QED) is 0.677. The van der Waals surface area contributed by atoms with Gasteiger partial charge >= 0.3 is 0 Å². The number of hydrogen-bond acceptors (Lipinski definition) is 6. The van der Waals surface area contributed by atoms with E-state index < -0.39 is 5.82 Å². The summed E-state index contributed by atoms with van der Waals surface area (Å²) in [6, 6.07) is 5.15. The molecular weight excluding hydrogens is 373 g/mol. The molecule has 1 saturated carbocycles. The molecule has 0 unspecified atom stereocenters. The van der Waals surface area contributed by atoms with Gasteiger partial charge in [-0.3, -0.25) is 9.78 Å². The normalized spacial score (nSPS) is 18.0. The van der Waals surface area contributed by atoms with Crippen LogP contribution in [0, 0.1) is 5.82 Å². The number of rotatable bonds is 3. The lowest BCUT2D eigenvalue weighted by atomic mass is 9.85. The monoisotopic (exact) mass is 395 g/mol. The Hall–Kier alpha value is -3.10. The van der Waals surface area contributed by atoms with Crippen LogP contribution in [-0.4, -0.2) is 61.8 Å². The first kappa shape index (κ1) is 18.0. The largest absolute Gasteiger partial charge is 0.353 e. The molecule has 29 heavy (non-hydrogen) atoms. The molecule has 0 bridgehead atoms. The van der Waals surface area contributed by atoms with Crippen molar-refractivity contribution in [3.8, 4) is 0 Å². The molecule has 3 aromatic rings. The molecule has 1 amide bonds. The summed E-state index contributed by atoms with van der Waals surface area (Å²) in [6.07, 6.45) is 6.84. The van der Waals surface area contributed by atoms with Gasteiger partial charge in [-0.05, 0) is 37.5 Å². The van der Waals surface area contributed by atoms with E-state index in [1.54, 1.807) is 4.90 Å². The van der Waals surface area contributed by atoms with Crippen LogP contribution >= 0.6 is 0 Å². The first-order valence-electron chi connectivity index (χ1n) is 10.1. The van der Waals surface area contributed by atoms with E-state index in [4.69, 9.17) is 5.10 Å². The number of aromatic nitrogens is 5. The van der Waals surface area contributed by atoms with E-state index in [1.807, 2.05) is 16.6 Å². The van der Waals surface area contributed by atoms with Gasteiger partial charge in [-0.2, -0.15) is 4.52 Å². The lowest BCUT2D eigenvalue weighted by Gasteiger charge is -2.24. The second-order valence-electron chi connectivity index (χ2n) is 7.67. The minimum Gasteiger partial charge on any atom is -0.353 e. The van der Waals surface area contributed by atoms with Crippen LogP contribution in [0.1, 0.15) is 47.8 Å². The summed E-state index contributed by atoms with van der Waals surface area (Å²) in [7, 11) is 0. The van der Waals surface area contributed by atoms with Gasteiger partial charge in [0, 0.05) is 38.3 Å². The third kappa shape index (κ3) is 3.41. The van der Waals surface area contributed by atoms with Crippen molar-refractivity contribution < 1.29 is 9.18 Å². The van der Waals surface area contributed by atoms with E-state index in [2.05, 4.69) is 20.1 Å². The second kappa shape index (κ2) is 7.38. The summed E-state index contributed by atoms with van der Waals surface area (Å²) < 4.78 is 15.3. The number of carbonyl (C=O) groups is 1. The van der Waals surface area contributed by atoms with Crippen LogP contribution in [0.4, 0.5) is 10.2 Å². The summed E-state index contributed by atoms with van der Waals surface area (Å²) in [4.78, 5) is 20.4. The molecule has 0 N–H and O–H groups in total. The van der Waals surface area contributed by atoms with Crippen LogP contribution in [0.15, 0.2) is 30.6 Å². The third-order valence-electron chi connectivity index (χ3n) is 5.80. The Morgan fingerprint density at radius 1 is 1.03 bits per heavy atom. The maximum absolute atomic E-state index is 13.4. The highest BCUT2D eigenvalue weighted by atomic mass is 19.1. The fraction of sp³-hybridized carbons (Fsp3) is 0.450. The smallest absolute Gasteiger partial charge is 0.255 e. The molecule has 150 valence electrons. The zero-order valence-corrected chi connectivity index (χ0v) is 16.0. The van der Waals surface area contributed by atoms with Crippen LogP contribution in [0.3, 0.4) is 0 Å². The van der Waals surface area contributed by atoms with Crippen molar-refractivity contribution in [2.75, 3.05) is 31.1 Å². The average Bonchev–Trinajstić information content (AvgIpc) is 2.94. The number of fused-ring (bicyclic) bond motifs is 1. The first-order chi connectivity index (χ1) is 14.2. The van der Waals surface area contributed by atoms with Crippen molar-refractivity contribution >= 4 is 17.4 Å². The minimum atomic E-state index is -0.499. The van der Waals surface area contributed by atoms with E-state index in [0.717, 1.165) is 49.3 Å². The Bertz CT molecular complexity index is 1050. The van der Waals surface area contributed by atoms with E-state index in [0.29, 0.717) is 25.6 Å². The van der Waals surface area contributed by atoms with Gasteiger partial charge in [0.1, 0.15) is 11.6 Å². The van der Waals surface area contributed by atoms with Crippen LogP contribution < -0.4 is 4.90 Å². The molecule has 0 atom stereocenters. The maximum Gasteiger partial charge on any atom is 0.255 e. The highest BCUT2D eigenvalue weighted by Gasteiger charge is 2.26. The summed E-state index contributed by atoms with van der Waals surface area (Å²) in [6.45, 7) is 2.62. The lowest BCUT2D eigenvalue weighted by molar-refractivity contribution is 0.0766. The highest BCUT2D eigenvalue weighted by molar-refractivity contribution is 5.94. The zero-order valence-electron chi connectivity index (χ0n) is 16.0. The minimum absolute atomic E-state index is 0.187. The molecule has 5 rings (SSSR count). The number of halogens is 1. The molecule has 0 spiro atoms. The van der Waals surface area contributed by atoms with E-state index >= 15 is 0 Å². The number of carbonyl (C=O) groups excluding carboxylic acids is 1. The van der Waals surface area contributed by atoms with E-state index in [1.165, 1.54) is 18.7 Å². The molecule has 1 aliphatic carbocycles. The van der Waals surface area contributed by atoms with Crippen molar-refractivity contribution in [3.05, 3.63) is 47.8 Å².